The van der Waals surface area contributed by atoms with Gasteiger partial charge in [-0.2, -0.15) is 0 Å². The fraction of sp³-hybridized carbons (Fsp3) is 0.900. The van der Waals surface area contributed by atoms with Crippen molar-refractivity contribution in [1.29, 1.82) is 0 Å². The van der Waals surface area contributed by atoms with Gasteiger partial charge < -0.3 is 10.1 Å². The van der Waals surface area contributed by atoms with E-state index in [0.29, 0.717) is 0 Å². The number of carbonyl (C=O) groups excluding carboxylic acids is 1. The zero-order valence-electron chi connectivity index (χ0n) is 9.61. The van der Waals surface area contributed by atoms with Crippen molar-refractivity contribution in [2.45, 2.75) is 52.2 Å². The summed E-state index contributed by atoms with van der Waals surface area (Å²) in [4.78, 5) is 11.4. The third kappa shape index (κ3) is 7.18. The third-order valence-electron chi connectivity index (χ3n) is 1.56. The van der Waals surface area contributed by atoms with Crippen molar-refractivity contribution in [2.75, 3.05) is 5.33 Å². The highest BCUT2D eigenvalue weighted by molar-refractivity contribution is 9.09. The van der Waals surface area contributed by atoms with Crippen LogP contribution in [0.2, 0.25) is 0 Å². The van der Waals surface area contributed by atoms with Gasteiger partial charge in [0.05, 0.1) is 0 Å². The van der Waals surface area contributed by atoms with E-state index in [4.69, 9.17) is 4.74 Å². The van der Waals surface area contributed by atoms with Crippen molar-refractivity contribution in [1.82, 2.24) is 5.32 Å². The molecule has 0 rings (SSSR count). The number of rotatable bonds is 3. The average molecular weight is 266 g/mol. The highest BCUT2D eigenvalue weighted by Gasteiger charge is 2.23. The summed E-state index contributed by atoms with van der Waals surface area (Å²) >= 11 is 3.34. The maximum Gasteiger partial charge on any atom is 0.408 e. The fourth-order valence-electron chi connectivity index (χ4n) is 0.879. The van der Waals surface area contributed by atoms with Gasteiger partial charge in [0.1, 0.15) is 5.60 Å². The SMILES string of the molecule is CC(C)(CCBr)NC(=O)OC(C)(C)C. The van der Waals surface area contributed by atoms with Crippen molar-refractivity contribution in [3.8, 4) is 0 Å². The standard InChI is InChI=1S/C10H20BrNO2/c1-9(2,3)14-8(13)12-10(4,5)6-7-11/h6-7H2,1-5H3,(H,12,13). The number of ether oxygens (including phenoxy) is 1. The molecule has 0 aliphatic rings. The van der Waals surface area contributed by atoms with E-state index in [2.05, 4.69) is 21.2 Å². The molecule has 0 saturated heterocycles. The summed E-state index contributed by atoms with van der Waals surface area (Å²) in [6, 6.07) is 0. The molecule has 0 atom stereocenters. The van der Waals surface area contributed by atoms with Crippen LogP contribution in [-0.2, 0) is 4.74 Å². The molecule has 1 amide bonds. The fourth-order valence-corrected chi connectivity index (χ4v) is 1.87. The van der Waals surface area contributed by atoms with E-state index >= 15 is 0 Å². The zero-order valence-corrected chi connectivity index (χ0v) is 11.2. The lowest BCUT2D eigenvalue weighted by Crippen LogP contribution is -2.46. The second-order valence-electron chi connectivity index (χ2n) is 4.95. The Bertz CT molecular complexity index is 197. The molecule has 3 nitrogen and oxygen atoms in total. The number of hydrogen-bond donors (Lipinski definition) is 1. The third-order valence-corrected chi connectivity index (χ3v) is 1.96. The first-order valence-corrected chi connectivity index (χ1v) is 5.85. The van der Waals surface area contributed by atoms with Crippen LogP contribution in [0.5, 0.6) is 0 Å². The van der Waals surface area contributed by atoms with Gasteiger partial charge in [-0.25, -0.2) is 4.79 Å². The minimum Gasteiger partial charge on any atom is -0.444 e. The lowest BCUT2D eigenvalue weighted by Gasteiger charge is -2.28. The molecule has 0 aliphatic heterocycles. The largest absolute Gasteiger partial charge is 0.444 e. The van der Waals surface area contributed by atoms with Crippen LogP contribution in [0, 0.1) is 0 Å². The Morgan fingerprint density at radius 1 is 1.29 bits per heavy atom. The molecule has 0 aromatic carbocycles. The first-order valence-electron chi connectivity index (χ1n) is 4.73. The molecular formula is C10H20BrNO2. The van der Waals surface area contributed by atoms with Crippen LogP contribution < -0.4 is 5.32 Å². The highest BCUT2D eigenvalue weighted by atomic mass is 79.9. The van der Waals surface area contributed by atoms with Gasteiger partial charge >= 0.3 is 6.09 Å². The van der Waals surface area contributed by atoms with Crippen LogP contribution in [-0.4, -0.2) is 22.6 Å². The van der Waals surface area contributed by atoms with Gasteiger partial charge in [0, 0.05) is 10.9 Å². The molecule has 84 valence electrons. The maximum absolute atomic E-state index is 11.4. The van der Waals surface area contributed by atoms with Gasteiger partial charge in [0.25, 0.3) is 0 Å². The lowest BCUT2D eigenvalue weighted by atomic mass is 10.0. The van der Waals surface area contributed by atoms with Crippen LogP contribution >= 0.6 is 15.9 Å². The minimum absolute atomic E-state index is 0.230. The van der Waals surface area contributed by atoms with Gasteiger partial charge in [0.2, 0.25) is 0 Å². The smallest absolute Gasteiger partial charge is 0.408 e. The Labute approximate surface area is 94.7 Å². The molecule has 0 aromatic rings. The molecule has 0 spiro atoms. The number of nitrogens with one attached hydrogen (secondary N) is 1. The van der Waals surface area contributed by atoms with E-state index in [-0.39, 0.29) is 11.6 Å². The lowest BCUT2D eigenvalue weighted by molar-refractivity contribution is 0.0471. The Hall–Kier alpha value is -0.250. The second kappa shape index (κ2) is 5.01. The van der Waals surface area contributed by atoms with Crippen LogP contribution in [0.1, 0.15) is 41.0 Å². The summed E-state index contributed by atoms with van der Waals surface area (Å²) in [6.45, 7) is 9.49. The van der Waals surface area contributed by atoms with Crippen LogP contribution in [0.15, 0.2) is 0 Å². The summed E-state index contributed by atoms with van der Waals surface area (Å²) in [5.41, 5.74) is -0.666. The Morgan fingerprint density at radius 2 is 1.79 bits per heavy atom. The summed E-state index contributed by atoms with van der Waals surface area (Å²) < 4.78 is 5.15. The number of halogens is 1. The van der Waals surface area contributed by atoms with Gasteiger partial charge in [-0.3, -0.25) is 0 Å². The Morgan fingerprint density at radius 3 is 2.14 bits per heavy atom. The molecule has 14 heavy (non-hydrogen) atoms. The molecule has 0 heterocycles. The summed E-state index contributed by atoms with van der Waals surface area (Å²) in [5.74, 6) is 0. The number of hydrogen-bond acceptors (Lipinski definition) is 2. The maximum atomic E-state index is 11.4. The molecular weight excluding hydrogens is 246 g/mol. The summed E-state index contributed by atoms with van der Waals surface area (Å²) in [7, 11) is 0. The number of amides is 1. The normalized spacial score (nSPS) is 12.4. The minimum atomic E-state index is -0.436. The van der Waals surface area contributed by atoms with Crippen molar-refractivity contribution >= 4 is 22.0 Å². The first kappa shape index (κ1) is 13.8. The predicted octanol–water partition coefficient (Wildman–Crippen LogP) is 3.07. The summed E-state index contributed by atoms with van der Waals surface area (Å²) in [5, 5.41) is 3.68. The topological polar surface area (TPSA) is 38.3 Å². The van der Waals surface area contributed by atoms with Gasteiger partial charge in [0.15, 0.2) is 0 Å². The number of alkyl carbamates (subject to hydrolysis) is 1. The Kier molecular flexibility index (Phi) is 4.92. The zero-order chi connectivity index (χ0) is 11.4. The van der Waals surface area contributed by atoms with Crippen molar-refractivity contribution in [2.24, 2.45) is 0 Å². The predicted molar refractivity (Wildman–Crippen MR) is 61.9 cm³/mol. The van der Waals surface area contributed by atoms with E-state index in [1.165, 1.54) is 0 Å². The molecule has 4 heteroatoms. The van der Waals surface area contributed by atoms with E-state index in [0.717, 1.165) is 11.8 Å². The quantitative estimate of drug-likeness (QED) is 0.797. The molecule has 0 aliphatic carbocycles. The van der Waals surface area contributed by atoms with Crippen LogP contribution in [0.25, 0.3) is 0 Å². The van der Waals surface area contributed by atoms with Gasteiger partial charge in [-0.1, -0.05) is 15.9 Å². The highest BCUT2D eigenvalue weighted by Crippen LogP contribution is 2.12. The molecule has 0 saturated carbocycles. The molecule has 0 radical (unpaired) electrons. The monoisotopic (exact) mass is 265 g/mol. The average Bonchev–Trinajstić information content (AvgIpc) is 1.78. The first-order chi connectivity index (χ1) is 6.16. The van der Waals surface area contributed by atoms with Gasteiger partial charge in [-0.15, -0.1) is 0 Å². The van der Waals surface area contributed by atoms with Crippen LogP contribution in [0.4, 0.5) is 4.79 Å². The Balaban J connectivity index is 4.06. The van der Waals surface area contributed by atoms with Crippen molar-refractivity contribution in [3.63, 3.8) is 0 Å². The van der Waals surface area contributed by atoms with E-state index in [9.17, 15) is 4.79 Å². The van der Waals surface area contributed by atoms with E-state index in [1.54, 1.807) is 0 Å². The van der Waals surface area contributed by atoms with E-state index < -0.39 is 5.60 Å². The molecule has 0 fully saturated rings. The molecule has 0 bridgehead atoms. The van der Waals surface area contributed by atoms with Gasteiger partial charge in [-0.05, 0) is 41.0 Å². The second-order valence-corrected chi connectivity index (χ2v) is 5.74. The van der Waals surface area contributed by atoms with Crippen molar-refractivity contribution < 1.29 is 9.53 Å². The molecule has 0 aromatic heterocycles. The molecule has 1 N–H and O–H groups in total. The summed E-state index contributed by atoms with van der Waals surface area (Å²) in [6.07, 6.45) is 0.509. The molecule has 0 unspecified atom stereocenters. The van der Waals surface area contributed by atoms with Crippen molar-refractivity contribution in [3.05, 3.63) is 0 Å². The van der Waals surface area contributed by atoms with Crippen LogP contribution in [0.3, 0.4) is 0 Å². The number of alkyl halides is 1. The van der Waals surface area contributed by atoms with E-state index in [1.807, 2.05) is 34.6 Å². The number of carbonyl (C=O) groups is 1.